The van der Waals surface area contributed by atoms with Gasteiger partial charge in [-0.1, -0.05) is 19.1 Å². The van der Waals surface area contributed by atoms with Gasteiger partial charge >= 0.3 is 0 Å². The van der Waals surface area contributed by atoms with Crippen LogP contribution in [0.1, 0.15) is 35.0 Å². The molecule has 1 saturated heterocycles. The van der Waals surface area contributed by atoms with Crippen molar-refractivity contribution >= 4 is 26.7 Å². The number of rotatable bonds is 7. The molecule has 34 heavy (non-hydrogen) atoms. The van der Waals surface area contributed by atoms with Gasteiger partial charge in [0, 0.05) is 18.7 Å². The molecule has 0 aliphatic carbocycles. The van der Waals surface area contributed by atoms with Gasteiger partial charge in [-0.2, -0.15) is 0 Å². The lowest BCUT2D eigenvalue weighted by Gasteiger charge is -2.28. The van der Waals surface area contributed by atoms with E-state index in [0.717, 1.165) is 17.5 Å². The van der Waals surface area contributed by atoms with Crippen molar-refractivity contribution in [1.82, 2.24) is 4.90 Å². The number of ether oxygens (including phenoxy) is 2. The third-order valence-corrected chi connectivity index (χ3v) is 7.87. The predicted octanol–water partition coefficient (Wildman–Crippen LogP) is 3.20. The third kappa shape index (κ3) is 4.79. The Bertz CT molecular complexity index is 1390. The maximum atomic E-state index is 13.6. The summed E-state index contributed by atoms with van der Waals surface area (Å²) in [7, 11) is -0.208. The molecule has 8 nitrogen and oxygen atoms in total. The topological polar surface area (TPSA) is 103 Å². The standard InChI is InChI=1S/C25H27NO7S/c1-4-16-5-7-21-19(11-16)20(27)13-24(33-21)25(28)26(18-9-10-34(29,30)15-18)14-17-6-8-22(31-2)23(12-17)32-3/h5-8,11-13,18H,4,9-10,14-15H2,1-3H3/t18-/m0/s1. The smallest absolute Gasteiger partial charge is 0.290 e. The van der Waals surface area contributed by atoms with Gasteiger partial charge in [0.1, 0.15) is 5.58 Å². The summed E-state index contributed by atoms with van der Waals surface area (Å²) in [5, 5.41) is 0.408. The lowest BCUT2D eigenvalue weighted by Crippen LogP contribution is -2.41. The van der Waals surface area contributed by atoms with Gasteiger partial charge in [0.2, 0.25) is 0 Å². The van der Waals surface area contributed by atoms with Gasteiger partial charge in [-0.15, -0.1) is 0 Å². The zero-order valence-corrected chi connectivity index (χ0v) is 20.2. The molecule has 1 fully saturated rings. The van der Waals surface area contributed by atoms with E-state index in [4.69, 9.17) is 13.9 Å². The van der Waals surface area contributed by atoms with Crippen molar-refractivity contribution < 1.29 is 27.1 Å². The van der Waals surface area contributed by atoms with E-state index in [0.29, 0.717) is 28.9 Å². The van der Waals surface area contributed by atoms with Crippen LogP contribution in [0.25, 0.3) is 11.0 Å². The van der Waals surface area contributed by atoms with Crippen molar-refractivity contribution in [2.75, 3.05) is 25.7 Å². The summed E-state index contributed by atoms with van der Waals surface area (Å²) in [6, 6.07) is 11.2. The fourth-order valence-corrected chi connectivity index (χ4v) is 5.96. The number of hydrogen-bond donors (Lipinski definition) is 0. The fraction of sp³-hybridized carbons (Fsp3) is 0.360. The number of aryl methyl sites for hydroxylation is 1. The molecule has 0 spiro atoms. The summed E-state index contributed by atoms with van der Waals surface area (Å²) in [6.07, 6.45) is 1.09. The Morgan fingerprint density at radius 3 is 2.44 bits per heavy atom. The lowest BCUT2D eigenvalue weighted by molar-refractivity contribution is 0.0648. The van der Waals surface area contributed by atoms with Crippen LogP contribution in [0.4, 0.5) is 0 Å². The molecule has 0 saturated carbocycles. The van der Waals surface area contributed by atoms with Gasteiger partial charge in [-0.25, -0.2) is 8.42 Å². The van der Waals surface area contributed by atoms with Gasteiger partial charge in [0.05, 0.1) is 31.1 Å². The molecular weight excluding hydrogens is 458 g/mol. The maximum Gasteiger partial charge on any atom is 0.290 e. The van der Waals surface area contributed by atoms with E-state index < -0.39 is 21.8 Å². The van der Waals surface area contributed by atoms with Crippen molar-refractivity contribution in [2.45, 2.75) is 32.4 Å². The van der Waals surface area contributed by atoms with Crippen LogP contribution in [0.5, 0.6) is 11.5 Å². The Balaban J connectivity index is 1.73. The van der Waals surface area contributed by atoms with Gasteiger partial charge in [-0.05, 0) is 48.2 Å². The highest BCUT2D eigenvalue weighted by Crippen LogP contribution is 2.30. The Labute approximate surface area is 198 Å². The minimum absolute atomic E-state index is 0.00877. The molecule has 4 rings (SSSR count). The highest BCUT2D eigenvalue weighted by Gasteiger charge is 2.36. The van der Waals surface area contributed by atoms with E-state index in [-0.39, 0.29) is 29.2 Å². The van der Waals surface area contributed by atoms with Crippen LogP contribution < -0.4 is 14.9 Å². The van der Waals surface area contributed by atoms with E-state index in [1.807, 2.05) is 13.0 Å². The fourth-order valence-electron chi connectivity index (χ4n) is 4.23. The highest BCUT2D eigenvalue weighted by molar-refractivity contribution is 7.91. The Hall–Kier alpha value is -3.33. The summed E-state index contributed by atoms with van der Waals surface area (Å²) in [5.41, 5.74) is 1.72. The minimum atomic E-state index is -3.25. The lowest BCUT2D eigenvalue weighted by atomic mass is 10.1. The molecule has 0 N–H and O–H groups in total. The molecule has 0 unspecified atom stereocenters. The SMILES string of the molecule is CCc1ccc2oc(C(=O)N(Cc3ccc(OC)c(OC)c3)[C@H]3CCS(=O)(=O)C3)cc(=O)c2c1. The number of hydrogen-bond acceptors (Lipinski definition) is 7. The zero-order valence-electron chi connectivity index (χ0n) is 19.4. The van der Waals surface area contributed by atoms with E-state index in [2.05, 4.69) is 0 Å². The molecule has 0 radical (unpaired) electrons. The second-order valence-electron chi connectivity index (χ2n) is 8.34. The van der Waals surface area contributed by atoms with Gasteiger partial charge in [0.15, 0.2) is 32.5 Å². The second-order valence-corrected chi connectivity index (χ2v) is 10.6. The molecule has 1 aliphatic rings. The first kappa shape index (κ1) is 23.8. The van der Waals surface area contributed by atoms with Crippen LogP contribution in [0.2, 0.25) is 0 Å². The zero-order chi connectivity index (χ0) is 24.5. The summed E-state index contributed by atoms with van der Waals surface area (Å²) in [5.74, 6) is 0.260. The Morgan fingerprint density at radius 1 is 1.06 bits per heavy atom. The van der Waals surface area contributed by atoms with Gasteiger partial charge in [0.25, 0.3) is 5.91 Å². The molecule has 1 aliphatic heterocycles. The number of nitrogens with zero attached hydrogens (tertiary/aromatic N) is 1. The molecule has 0 bridgehead atoms. The van der Waals surface area contributed by atoms with Gasteiger partial charge in [-0.3, -0.25) is 9.59 Å². The van der Waals surface area contributed by atoms with E-state index in [1.165, 1.54) is 25.2 Å². The average molecular weight is 486 g/mol. The normalized spacial score (nSPS) is 17.0. The first-order valence-corrected chi connectivity index (χ1v) is 12.9. The molecule has 2 aromatic carbocycles. The Morgan fingerprint density at radius 2 is 1.79 bits per heavy atom. The molecular formula is C25H27NO7S. The molecule has 1 aromatic heterocycles. The largest absolute Gasteiger partial charge is 0.493 e. The first-order valence-electron chi connectivity index (χ1n) is 11.0. The molecule has 2 heterocycles. The summed E-state index contributed by atoms with van der Waals surface area (Å²) in [4.78, 5) is 27.8. The van der Waals surface area contributed by atoms with Crippen LogP contribution in [-0.2, 0) is 22.8 Å². The summed E-state index contributed by atoms with van der Waals surface area (Å²) < 4.78 is 40.8. The van der Waals surface area contributed by atoms with Crippen LogP contribution in [0, 0.1) is 0 Å². The molecule has 1 atom stereocenters. The number of carbonyl (C=O) groups excluding carboxylic acids is 1. The quantitative estimate of drug-likeness (QED) is 0.506. The second kappa shape index (κ2) is 9.50. The number of carbonyl (C=O) groups is 1. The molecule has 180 valence electrons. The van der Waals surface area contributed by atoms with Crippen LogP contribution in [0.3, 0.4) is 0 Å². The number of amides is 1. The van der Waals surface area contributed by atoms with E-state index in [9.17, 15) is 18.0 Å². The van der Waals surface area contributed by atoms with Crippen LogP contribution in [0.15, 0.2) is 51.7 Å². The van der Waals surface area contributed by atoms with Crippen molar-refractivity contribution in [3.63, 3.8) is 0 Å². The van der Waals surface area contributed by atoms with Crippen molar-refractivity contribution in [3.05, 3.63) is 69.6 Å². The van der Waals surface area contributed by atoms with Crippen LogP contribution >= 0.6 is 0 Å². The minimum Gasteiger partial charge on any atom is -0.493 e. The van der Waals surface area contributed by atoms with E-state index in [1.54, 1.807) is 30.3 Å². The average Bonchev–Trinajstić information content (AvgIpc) is 3.20. The summed E-state index contributed by atoms with van der Waals surface area (Å²) in [6.45, 7) is 2.11. The van der Waals surface area contributed by atoms with Crippen molar-refractivity contribution in [1.29, 1.82) is 0 Å². The monoisotopic (exact) mass is 485 g/mol. The molecule has 9 heteroatoms. The molecule has 3 aromatic rings. The number of sulfone groups is 1. The number of benzene rings is 2. The first-order chi connectivity index (χ1) is 16.2. The number of methoxy groups -OCH3 is 2. The van der Waals surface area contributed by atoms with Crippen LogP contribution in [-0.4, -0.2) is 51.0 Å². The number of fused-ring (bicyclic) bond motifs is 1. The summed E-state index contributed by atoms with van der Waals surface area (Å²) >= 11 is 0. The molecule has 1 amide bonds. The Kier molecular flexibility index (Phi) is 6.65. The highest BCUT2D eigenvalue weighted by atomic mass is 32.2. The third-order valence-electron chi connectivity index (χ3n) is 6.12. The van der Waals surface area contributed by atoms with Crippen molar-refractivity contribution in [2.24, 2.45) is 0 Å². The predicted molar refractivity (Wildman–Crippen MR) is 128 cm³/mol. The van der Waals surface area contributed by atoms with Crippen molar-refractivity contribution in [3.8, 4) is 11.5 Å². The maximum absolute atomic E-state index is 13.6. The van der Waals surface area contributed by atoms with E-state index >= 15 is 0 Å². The van der Waals surface area contributed by atoms with Gasteiger partial charge < -0.3 is 18.8 Å².